The molecule has 0 spiro atoms. The summed E-state index contributed by atoms with van der Waals surface area (Å²) in [4.78, 5) is 13.8. The lowest BCUT2D eigenvalue weighted by Gasteiger charge is -2.01. The summed E-state index contributed by atoms with van der Waals surface area (Å²) in [5, 5.41) is 9.76. The van der Waals surface area contributed by atoms with Crippen molar-refractivity contribution in [1.82, 2.24) is 4.98 Å². The maximum atomic E-state index is 10.8. The minimum atomic E-state index is -0.995. The van der Waals surface area contributed by atoms with Crippen LogP contribution in [0.25, 0.3) is 10.9 Å². The van der Waals surface area contributed by atoms with Gasteiger partial charge in [0, 0.05) is 22.8 Å². The number of aryl methyl sites for hydroxylation is 1. The number of hydrogen-bond donors (Lipinski definition) is 3. The van der Waals surface area contributed by atoms with Crippen LogP contribution in [-0.2, 0) is 0 Å². The number of nitrogens with two attached hydrogens (primary N) is 1. The minimum absolute atomic E-state index is 0.153. The Morgan fingerprint density at radius 3 is 2.86 bits per heavy atom. The third-order valence-electron chi connectivity index (χ3n) is 2.29. The van der Waals surface area contributed by atoms with E-state index in [-0.39, 0.29) is 11.3 Å². The van der Waals surface area contributed by atoms with Crippen LogP contribution in [0.15, 0.2) is 18.3 Å². The van der Waals surface area contributed by atoms with Gasteiger partial charge in [0.25, 0.3) is 0 Å². The van der Waals surface area contributed by atoms with Crippen molar-refractivity contribution in [2.24, 2.45) is 0 Å². The van der Waals surface area contributed by atoms with Gasteiger partial charge >= 0.3 is 5.97 Å². The van der Waals surface area contributed by atoms with Crippen molar-refractivity contribution in [3.8, 4) is 0 Å². The highest BCUT2D eigenvalue weighted by molar-refractivity contribution is 6.00. The molecule has 0 aliphatic rings. The fraction of sp³-hybridized carbons (Fsp3) is 0.100. The number of carbonyl (C=O) groups is 1. The normalized spacial score (nSPS) is 10.6. The van der Waals surface area contributed by atoms with Gasteiger partial charge in [-0.25, -0.2) is 4.79 Å². The summed E-state index contributed by atoms with van der Waals surface area (Å²) in [5.74, 6) is -0.995. The number of nitrogens with one attached hydrogen (secondary N) is 1. The number of aromatic carboxylic acids is 1. The van der Waals surface area contributed by atoms with Gasteiger partial charge in [-0.1, -0.05) is 0 Å². The zero-order chi connectivity index (χ0) is 10.3. The molecule has 4 heteroatoms. The molecule has 1 heterocycles. The Balaban J connectivity index is 2.80. The van der Waals surface area contributed by atoms with E-state index in [1.165, 1.54) is 0 Å². The molecule has 0 aliphatic heterocycles. The molecule has 0 saturated carbocycles. The number of H-pyrrole nitrogens is 1. The number of aromatic nitrogens is 1. The van der Waals surface area contributed by atoms with Crippen molar-refractivity contribution in [3.63, 3.8) is 0 Å². The van der Waals surface area contributed by atoms with E-state index in [0.717, 1.165) is 16.5 Å². The predicted molar refractivity (Wildman–Crippen MR) is 54.4 cm³/mol. The molecule has 14 heavy (non-hydrogen) atoms. The van der Waals surface area contributed by atoms with Crippen LogP contribution in [0.5, 0.6) is 0 Å². The number of fused-ring (bicyclic) bond motifs is 1. The third kappa shape index (κ3) is 1.12. The van der Waals surface area contributed by atoms with Crippen molar-refractivity contribution in [1.29, 1.82) is 0 Å². The topological polar surface area (TPSA) is 79.1 Å². The van der Waals surface area contributed by atoms with Crippen molar-refractivity contribution in [2.45, 2.75) is 6.92 Å². The highest BCUT2D eigenvalue weighted by atomic mass is 16.4. The lowest BCUT2D eigenvalue weighted by molar-refractivity contribution is 0.0698. The summed E-state index contributed by atoms with van der Waals surface area (Å²) in [6, 6.07) is 3.24. The number of carboxylic acids is 1. The van der Waals surface area contributed by atoms with Crippen LogP contribution in [-0.4, -0.2) is 16.1 Å². The van der Waals surface area contributed by atoms with E-state index in [1.807, 2.05) is 13.1 Å². The van der Waals surface area contributed by atoms with Crippen LogP contribution in [0.2, 0.25) is 0 Å². The van der Waals surface area contributed by atoms with Gasteiger partial charge in [-0.3, -0.25) is 0 Å². The van der Waals surface area contributed by atoms with Crippen molar-refractivity contribution >= 4 is 22.6 Å². The summed E-state index contributed by atoms with van der Waals surface area (Å²) < 4.78 is 0. The number of anilines is 1. The highest BCUT2D eigenvalue weighted by Gasteiger charge is 2.10. The van der Waals surface area contributed by atoms with Gasteiger partial charge in [0.1, 0.15) is 0 Å². The van der Waals surface area contributed by atoms with Crippen LogP contribution in [0.1, 0.15) is 15.9 Å². The van der Waals surface area contributed by atoms with Crippen molar-refractivity contribution < 1.29 is 9.90 Å². The van der Waals surface area contributed by atoms with Crippen LogP contribution in [0.4, 0.5) is 5.69 Å². The van der Waals surface area contributed by atoms with Gasteiger partial charge in [0.05, 0.1) is 5.56 Å². The predicted octanol–water partition coefficient (Wildman–Crippen LogP) is 1.76. The van der Waals surface area contributed by atoms with E-state index in [2.05, 4.69) is 4.98 Å². The summed E-state index contributed by atoms with van der Waals surface area (Å²) in [6.45, 7) is 1.92. The van der Waals surface area contributed by atoms with Crippen molar-refractivity contribution in [2.75, 3.05) is 5.73 Å². The second kappa shape index (κ2) is 2.77. The molecule has 1 aromatic heterocycles. The molecule has 0 fully saturated rings. The van der Waals surface area contributed by atoms with E-state index in [1.54, 1.807) is 12.1 Å². The molecule has 0 saturated heterocycles. The quantitative estimate of drug-likeness (QED) is 0.599. The Hall–Kier alpha value is -1.97. The second-order valence-electron chi connectivity index (χ2n) is 3.26. The van der Waals surface area contributed by atoms with Crippen LogP contribution in [0, 0.1) is 6.92 Å². The number of nitrogen functional groups attached to an aromatic ring is 1. The Labute approximate surface area is 80.3 Å². The van der Waals surface area contributed by atoms with E-state index < -0.39 is 5.97 Å². The average molecular weight is 190 g/mol. The van der Waals surface area contributed by atoms with Crippen LogP contribution < -0.4 is 5.73 Å². The monoisotopic (exact) mass is 190 g/mol. The van der Waals surface area contributed by atoms with Gasteiger partial charge in [0.15, 0.2) is 0 Å². The number of benzene rings is 1. The maximum absolute atomic E-state index is 10.8. The maximum Gasteiger partial charge on any atom is 0.337 e. The zero-order valence-electron chi connectivity index (χ0n) is 7.66. The third-order valence-corrected chi connectivity index (χ3v) is 2.29. The smallest absolute Gasteiger partial charge is 0.337 e. The van der Waals surface area contributed by atoms with Gasteiger partial charge in [-0.2, -0.15) is 0 Å². The molecule has 2 aromatic rings. The highest BCUT2D eigenvalue weighted by Crippen LogP contribution is 2.23. The molecule has 0 atom stereocenters. The Bertz CT molecular complexity index is 514. The van der Waals surface area contributed by atoms with Crippen molar-refractivity contribution in [3.05, 3.63) is 29.5 Å². The first-order valence-corrected chi connectivity index (χ1v) is 4.20. The Morgan fingerprint density at radius 2 is 2.21 bits per heavy atom. The largest absolute Gasteiger partial charge is 0.478 e. The van der Waals surface area contributed by atoms with E-state index in [9.17, 15) is 4.79 Å². The first kappa shape index (κ1) is 8.62. The SMILES string of the molecule is Cc1c[nH]c2cc(N)c(C(=O)O)cc12. The molecule has 1 aromatic carbocycles. The lowest BCUT2D eigenvalue weighted by Crippen LogP contribution is -2.01. The summed E-state index contributed by atoms with van der Waals surface area (Å²) >= 11 is 0. The number of rotatable bonds is 1. The first-order chi connectivity index (χ1) is 6.59. The molecule has 0 radical (unpaired) electrons. The Morgan fingerprint density at radius 1 is 1.50 bits per heavy atom. The molecular formula is C10H10N2O2. The molecule has 0 aliphatic carbocycles. The van der Waals surface area contributed by atoms with Gasteiger partial charge < -0.3 is 15.8 Å². The lowest BCUT2D eigenvalue weighted by atomic mass is 10.1. The first-order valence-electron chi connectivity index (χ1n) is 4.20. The summed E-state index contributed by atoms with van der Waals surface area (Å²) in [7, 11) is 0. The number of carboxylic acid groups (broad SMARTS) is 1. The molecule has 2 rings (SSSR count). The molecule has 0 amide bonds. The van der Waals surface area contributed by atoms with E-state index >= 15 is 0 Å². The second-order valence-corrected chi connectivity index (χ2v) is 3.26. The molecular weight excluding hydrogens is 180 g/mol. The van der Waals surface area contributed by atoms with E-state index in [0.29, 0.717) is 0 Å². The van der Waals surface area contributed by atoms with E-state index in [4.69, 9.17) is 10.8 Å². The summed E-state index contributed by atoms with van der Waals surface area (Å²) in [6.07, 6.45) is 1.83. The Kier molecular flexibility index (Phi) is 1.70. The molecule has 0 unspecified atom stereocenters. The fourth-order valence-electron chi connectivity index (χ4n) is 1.51. The van der Waals surface area contributed by atoms with Crippen LogP contribution in [0.3, 0.4) is 0 Å². The minimum Gasteiger partial charge on any atom is -0.478 e. The molecule has 4 nitrogen and oxygen atoms in total. The van der Waals surface area contributed by atoms with Crippen LogP contribution >= 0.6 is 0 Å². The fourth-order valence-corrected chi connectivity index (χ4v) is 1.51. The summed E-state index contributed by atoms with van der Waals surface area (Å²) in [5.41, 5.74) is 7.92. The molecule has 0 bridgehead atoms. The zero-order valence-corrected chi connectivity index (χ0v) is 7.66. The number of hydrogen-bond acceptors (Lipinski definition) is 2. The van der Waals surface area contributed by atoms with Gasteiger partial charge in [0.2, 0.25) is 0 Å². The average Bonchev–Trinajstić information content (AvgIpc) is 2.46. The molecule has 4 N–H and O–H groups in total. The number of aromatic amines is 1. The standard InChI is InChI=1S/C10H10N2O2/c1-5-4-12-9-3-8(11)7(10(13)14)2-6(5)9/h2-4,12H,11H2,1H3,(H,13,14). The van der Waals surface area contributed by atoms with Gasteiger partial charge in [-0.05, 0) is 24.6 Å². The van der Waals surface area contributed by atoms with Gasteiger partial charge in [-0.15, -0.1) is 0 Å². The molecule has 72 valence electrons.